The number of hydrogen-bond donors (Lipinski definition) is 2. The molecule has 2 N–H and O–H groups in total. The quantitative estimate of drug-likeness (QED) is 0.0604. The molecule has 16 bridgehead atoms. The first-order valence-corrected chi connectivity index (χ1v) is 35.2. The van der Waals surface area contributed by atoms with Gasteiger partial charge in [-0.05, 0) is 151 Å². The number of fused-ring (bicyclic) bond motifs is 16. The second kappa shape index (κ2) is 38.8. The van der Waals surface area contributed by atoms with E-state index in [1.165, 1.54) is 16.7 Å². The van der Waals surface area contributed by atoms with Crippen molar-refractivity contribution >= 4 is 112 Å². The Labute approximate surface area is 646 Å². The van der Waals surface area contributed by atoms with Gasteiger partial charge in [0.15, 0.2) is 11.6 Å². The van der Waals surface area contributed by atoms with Gasteiger partial charge in [-0.25, -0.2) is 19.9 Å². The van der Waals surface area contributed by atoms with E-state index in [1.807, 2.05) is 133 Å². The Bertz CT molecular complexity index is 4970. The number of nitrogens with zero attached hydrogens (tertiary/aromatic N) is 8. The Kier molecular flexibility index (Phi) is 32.1. The van der Waals surface area contributed by atoms with Crippen molar-refractivity contribution < 1.29 is 87.8 Å². The summed E-state index contributed by atoms with van der Waals surface area (Å²) < 4.78 is 0. The van der Waals surface area contributed by atoms with Crippen molar-refractivity contribution in [3.63, 3.8) is 0 Å². The van der Waals surface area contributed by atoms with Gasteiger partial charge >= 0.3 is 45.5 Å². The van der Waals surface area contributed by atoms with E-state index in [0.29, 0.717) is 60.9 Å². The summed E-state index contributed by atoms with van der Waals surface area (Å²) in [7, 11) is 0. The van der Waals surface area contributed by atoms with Crippen LogP contribution in [0, 0.1) is 40.5 Å². The second-order valence-electron chi connectivity index (χ2n) is 26.0. The summed E-state index contributed by atoms with van der Waals surface area (Å²) in [6.07, 6.45) is 9.72. The Morgan fingerprint density at radius 2 is 0.577 bits per heavy atom. The van der Waals surface area contributed by atoms with Gasteiger partial charge in [0, 0.05) is 36.8 Å². The van der Waals surface area contributed by atoms with Crippen molar-refractivity contribution in [3.8, 4) is 0 Å². The number of rotatable bonds is 18. The standard InChI is InChI=1S/C46H44N4O2.C34H38N4O4.2C3H7.2ClH.2Co/c1-7-33-27(3)37-23-38-29(5)35(19-21-45(51)31-15-11-9-12-16-31)43(49-38)26-44-36(20-22-46(52)32-17-13-10-14-18-32)30(6)40(50-44)25-42-34(8-2)28(4)39(48-42)24-41(33)47-37;1-7-21-17(3)25-13-26-19(5)23(9-11-33(39)40)31(37-26)16-32-24(10-12-34(41)42)20(6)28(38-32)15-30-22(8-2)18(4)27(36-30)14-29(21)35-25;2*1-3-2;;;;/h9-18,23-26H,7-8,19-22H2,1-6H3;13-16H,7-12H2,1-6H3,(H4,35,36,37,38,39,40,41,42);2*3H,1-2H3;2*1H;;/q-2;;2*+1;;;2*+2/p-4. The van der Waals surface area contributed by atoms with Crippen LogP contribution in [0.1, 0.15) is 245 Å². The third-order valence-electron chi connectivity index (χ3n) is 19.3. The van der Waals surface area contributed by atoms with Crippen LogP contribution in [0.3, 0.4) is 0 Å². The molecule has 0 saturated heterocycles. The largest absolute Gasteiger partial charge is 2.00 e. The molecule has 2 radical (unpaired) electrons. The molecule has 0 unspecified atom stereocenters. The van der Waals surface area contributed by atoms with Crippen LogP contribution in [-0.4, -0.2) is 53.7 Å². The third kappa shape index (κ3) is 19.2. The van der Waals surface area contributed by atoms with E-state index >= 15 is 0 Å². The molecule has 18 heteroatoms. The molecule has 0 fully saturated rings. The summed E-state index contributed by atoms with van der Waals surface area (Å²) >= 11 is 0. The van der Waals surface area contributed by atoms with E-state index < -0.39 is 11.9 Å². The number of halogens is 2. The maximum Gasteiger partial charge on any atom is 2.00 e. The Balaban J connectivity index is 0.000000341. The van der Waals surface area contributed by atoms with Gasteiger partial charge in [0.1, 0.15) is 0 Å². The minimum Gasteiger partial charge on any atom is -1.00 e. The normalized spacial score (nSPS) is 12.1. The average molecular weight is 1520 g/mol. The summed E-state index contributed by atoms with van der Waals surface area (Å²) in [6.45, 7) is 33.1. The topological polar surface area (TPSA) is 217 Å². The van der Waals surface area contributed by atoms with Crippen molar-refractivity contribution in [1.82, 2.24) is 39.9 Å². The van der Waals surface area contributed by atoms with Gasteiger partial charge in [-0.15, -0.1) is 44.1 Å². The van der Waals surface area contributed by atoms with Crippen molar-refractivity contribution in [3.05, 3.63) is 223 Å². The number of carboxylic acids is 2. The predicted molar refractivity (Wildman–Crippen MR) is 409 cm³/mol. The van der Waals surface area contributed by atoms with Crippen LogP contribution in [0.5, 0.6) is 0 Å². The molecule has 4 aliphatic rings. The number of hydrogen-bond acceptors (Lipinski definition) is 8. The molecule has 12 rings (SSSR count). The zero-order valence-electron chi connectivity index (χ0n) is 62.6. The predicted octanol–water partition coefficient (Wildman–Crippen LogP) is 13.9. The molecule has 0 spiro atoms. The fourth-order valence-electron chi connectivity index (χ4n) is 13.7. The number of carboxylic acid groups (broad SMARTS) is 2. The van der Waals surface area contributed by atoms with E-state index in [-0.39, 0.29) is 82.8 Å². The van der Waals surface area contributed by atoms with Gasteiger partial charge < -0.3 is 55.0 Å². The molecule has 0 amide bonds. The summed E-state index contributed by atoms with van der Waals surface area (Å²) in [6, 6.07) is 35.2. The fraction of sp³-hybridized carbons (Fsp3) is 0.326. The van der Waals surface area contributed by atoms with Gasteiger partial charge in [-0.1, -0.05) is 181 Å². The summed E-state index contributed by atoms with van der Waals surface area (Å²) in [5.41, 5.74) is 31.4. The number of carbonyl (C=O) groups excluding carboxylic acids is 2. The summed E-state index contributed by atoms with van der Waals surface area (Å²) in [5, 5.41) is 18.9. The zero-order valence-corrected chi connectivity index (χ0v) is 66.2. The first-order chi connectivity index (χ1) is 48.0. The molecule has 546 valence electrons. The van der Waals surface area contributed by atoms with E-state index in [1.54, 1.807) is 0 Å². The number of aliphatic carboxylic acids is 2. The smallest absolute Gasteiger partial charge is 1.00 e. The van der Waals surface area contributed by atoms with Crippen LogP contribution in [0.2, 0.25) is 0 Å². The third-order valence-corrected chi connectivity index (χ3v) is 19.3. The summed E-state index contributed by atoms with van der Waals surface area (Å²) in [4.78, 5) is 90.5. The van der Waals surface area contributed by atoms with Gasteiger partial charge in [0.25, 0.3) is 0 Å². The molecule has 0 saturated carbocycles. The van der Waals surface area contributed by atoms with Crippen LogP contribution < -0.4 is 44.7 Å². The molecule has 8 aromatic rings. The molecule has 0 atom stereocenters. The number of carbonyl (C=O) groups is 4. The molecule has 104 heavy (non-hydrogen) atoms. The first-order valence-electron chi connectivity index (χ1n) is 35.2. The van der Waals surface area contributed by atoms with Gasteiger partial charge in [-0.2, -0.15) is 0 Å². The van der Waals surface area contributed by atoms with Crippen LogP contribution >= 0.6 is 0 Å². The Hall–Kier alpha value is -8.75. The van der Waals surface area contributed by atoms with Crippen LogP contribution in [0.15, 0.2) is 109 Å². The van der Waals surface area contributed by atoms with Crippen LogP contribution in [0.25, 0.3) is 88.7 Å². The molecule has 4 aliphatic heterocycles. The molecule has 14 nitrogen and oxygen atoms in total. The fourth-order valence-corrected chi connectivity index (χ4v) is 13.7. The van der Waals surface area contributed by atoms with Gasteiger partial charge in [0.2, 0.25) is 0 Å². The van der Waals surface area contributed by atoms with Gasteiger partial charge in [-0.3, -0.25) is 19.2 Å². The molecule has 2 aromatic carbocycles. The molecular formula is C86H94Cl2Co2N8O6. The van der Waals surface area contributed by atoms with E-state index in [9.17, 15) is 29.4 Å². The monoisotopic (exact) mass is 1520 g/mol. The van der Waals surface area contributed by atoms with Crippen molar-refractivity contribution in [2.75, 3.05) is 0 Å². The molecular weight excluding hydrogens is 1430 g/mol. The average Bonchev–Trinajstić information content (AvgIpc) is 1.62. The summed E-state index contributed by atoms with van der Waals surface area (Å²) in [5.74, 6) is -1.56. The number of aromatic nitrogens is 8. The van der Waals surface area contributed by atoms with Crippen molar-refractivity contribution in [2.24, 2.45) is 0 Å². The minimum absolute atomic E-state index is 0. The maximum atomic E-state index is 13.3. The number of benzene rings is 2. The Morgan fingerprint density at radius 1 is 0.337 bits per heavy atom. The maximum absolute atomic E-state index is 13.3. The van der Waals surface area contributed by atoms with Crippen molar-refractivity contribution in [2.45, 2.75) is 188 Å². The minimum atomic E-state index is -0.878. The zero-order chi connectivity index (χ0) is 72.2. The van der Waals surface area contributed by atoms with Crippen molar-refractivity contribution in [1.29, 1.82) is 0 Å². The number of aryl methyl sites for hydroxylation is 8. The Morgan fingerprint density at radius 3 is 0.894 bits per heavy atom. The first kappa shape index (κ1) is 85.9. The second-order valence-corrected chi connectivity index (χ2v) is 26.0. The van der Waals surface area contributed by atoms with E-state index in [2.05, 4.69) is 99.6 Å². The van der Waals surface area contributed by atoms with E-state index in [0.717, 1.165) is 177 Å². The number of allylic oxidation sites excluding steroid dienone is 8. The molecule has 10 heterocycles. The SMILES string of the molecule is CCC1=C(C)c2cc3[n-]c(cc4nc(cc5[n-]c(cc1n2)c(C)c5CCC(=O)O)C(CCC(=O)O)=C4C)c(C)c3CC.CCC1=C(C)c2cc3[n-]c(cc4nc(cc5[n-]c(cc1n2)c(C)c5CCC(=O)c1ccccc1)C(CCC(=O)c1ccccc1)=C4C)c(C)c3CC.C[CH+]C.C[CH+]C.[Cl-].[Cl-].[Co+2].[Co+2]. The number of Topliss-reactive ketones (excluding diaryl/α,β-unsaturated/α-hetero) is 2. The van der Waals surface area contributed by atoms with Gasteiger partial charge in [0.05, 0.1) is 86.1 Å². The molecule has 0 aliphatic carbocycles. The van der Waals surface area contributed by atoms with Crippen LogP contribution in [0.4, 0.5) is 0 Å². The number of ketones is 2. The van der Waals surface area contributed by atoms with E-state index in [4.69, 9.17) is 39.9 Å². The van der Waals surface area contributed by atoms with Crippen LogP contribution in [-0.2, 0) is 68.8 Å². The molecule has 6 aromatic heterocycles.